The Hall–Kier alpha value is 0.610. The molecule has 0 saturated carbocycles. The normalized spacial score (nSPS) is 45.7. The van der Waals surface area contributed by atoms with Crippen LogP contribution in [0.15, 0.2) is 0 Å². The molecule has 3 atom stereocenters. The maximum atomic E-state index is 5.89. The van der Waals surface area contributed by atoms with Gasteiger partial charge in [0, 0.05) is 23.9 Å². The van der Waals surface area contributed by atoms with E-state index in [-0.39, 0.29) is 18.0 Å². The van der Waals surface area contributed by atoms with Crippen LogP contribution in [0.5, 0.6) is 0 Å². The highest BCUT2D eigenvalue weighted by atomic mass is 127. The van der Waals surface area contributed by atoms with Gasteiger partial charge < -0.3 is 14.2 Å². The molecule has 2 heterocycles. The Morgan fingerprint density at radius 1 is 1.31 bits per heavy atom. The lowest BCUT2D eigenvalue weighted by atomic mass is 9.92. The third-order valence-electron chi connectivity index (χ3n) is 2.85. The van der Waals surface area contributed by atoms with Crippen LogP contribution in [0.25, 0.3) is 0 Å². The second-order valence-electron chi connectivity index (χ2n) is 3.63. The van der Waals surface area contributed by atoms with Gasteiger partial charge in [-0.15, -0.1) is 0 Å². The Bertz CT molecular complexity index is 188. The summed E-state index contributed by atoms with van der Waals surface area (Å²) in [5.74, 6) is 0. The summed E-state index contributed by atoms with van der Waals surface area (Å²) in [4.78, 5) is 0. The van der Waals surface area contributed by atoms with Gasteiger partial charge in [-0.1, -0.05) is 22.6 Å². The van der Waals surface area contributed by atoms with E-state index in [9.17, 15) is 0 Å². The lowest BCUT2D eigenvalue weighted by Crippen LogP contribution is -2.49. The zero-order valence-corrected chi connectivity index (χ0v) is 9.95. The summed E-state index contributed by atoms with van der Waals surface area (Å²) < 4.78 is 17.9. The molecule has 1 unspecified atom stereocenters. The van der Waals surface area contributed by atoms with Crippen molar-refractivity contribution in [3.63, 3.8) is 0 Å². The largest absolute Gasteiger partial charge is 0.374 e. The third kappa shape index (κ3) is 1.86. The van der Waals surface area contributed by atoms with Crippen LogP contribution in [0.3, 0.4) is 0 Å². The SMILES string of the molecule is CC1OCC[C@]2(CCO[C@@H]2CI)O1. The highest BCUT2D eigenvalue weighted by Gasteiger charge is 2.47. The highest BCUT2D eigenvalue weighted by molar-refractivity contribution is 14.1. The van der Waals surface area contributed by atoms with Gasteiger partial charge in [-0.25, -0.2) is 0 Å². The summed E-state index contributed by atoms with van der Waals surface area (Å²) in [7, 11) is 0. The van der Waals surface area contributed by atoms with Crippen LogP contribution in [0, 0.1) is 0 Å². The van der Waals surface area contributed by atoms with E-state index in [1.807, 2.05) is 6.92 Å². The molecule has 2 rings (SSSR count). The van der Waals surface area contributed by atoms with Crippen LogP contribution in [0.2, 0.25) is 0 Å². The van der Waals surface area contributed by atoms with Crippen molar-refractivity contribution in [2.75, 3.05) is 17.6 Å². The molecule has 3 nitrogen and oxygen atoms in total. The van der Waals surface area contributed by atoms with Crippen LogP contribution in [-0.4, -0.2) is 35.6 Å². The summed E-state index contributed by atoms with van der Waals surface area (Å²) in [6.07, 6.45) is 2.19. The average molecular weight is 298 g/mol. The molecule has 0 N–H and O–H groups in total. The molecule has 0 aromatic heterocycles. The lowest BCUT2D eigenvalue weighted by molar-refractivity contribution is -0.257. The minimum Gasteiger partial charge on any atom is -0.374 e. The standard InChI is InChI=1S/C9H15IO3/c1-7-11-4-2-9(13-7)3-5-12-8(9)6-10/h7-8H,2-6H2,1H3/t7?,8-,9-/m1/s1. The lowest BCUT2D eigenvalue weighted by Gasteiger charge is -2.39. The van der Waals surface area contributed by atoms with E-state index >= 15 is 0 Å². The minimum absolute atomic E-state index is 0.0428. The summed E-state index contributed by atoms with van der Waals surface area (Å²) in [5, 5.41) is 0. The topological polar surface area (TPSA) is 27.7 Å². The van der Waals surface area contributed by atoms with Crippen LogP contribution in [0.1, 0.15) is 19.8 Å². The Labute approximate surface area is 92.2 Å². The zero-order valence-electron chi connectivity index (χ0n) is 7.79. The van der Waals surface area contributed by atoms with Gasteiger partial charge in [0.1, 0.15) is 5.60 Å². The molecule has 1 spiro atoms. The maximum Gasteiger partial charge on any atom is 0.155 e. The summed E-state index contributed by atoms with van der Waals surface area (Å²) in [6.45, 7) is 3.60. The van der Waals surface area contributed by atoms with Crippen molar-refractivity contribution >= 4 is 22.6 Å². The molecule has 0 aliphatic carbocycles. The molecule has 2 aliphatic rings. The van der Waals surface area contributed by atoms with Gasteiger partial charge in [-0.2, -0.15) is 0 Å². The van der Waals surface area contributed by atoms with Gasteiger partial charge in [0.05, 0.1) is 12.7 Å². The van der Waals surface area contributed by atoms with Gasteiger partial charge in [-0.3, -0.25) is 0 Å². The molecule has 0 amide bonds. The van der Waals surface area contributed by atoms with E-state index in [2.05, 4.69) is 22.6 Å². The van der Waals surface area contributed by atoms with Gasteiger partial charge >= 0.3 is 0 Å². The molecule has 0 bridgehead atoms. The van der Waals surface area contributed by atoms with E-state index in [4.69, 9.17) is 14.2 Å². The van der Waals surface area contributed by atoms with Gasteiger partial charge in [0.2, 0.25) is 0 Å². The molecule has 76 valence electrons. The molecule has 4 heteroatoms. The molecular formula is C9H15IO3. The third-order valence-corrected chi connectivity index (χ3v) is 3.65. The second kappa shape index (κ2) is 4.00. The Morgan fingerprint density at radius 3 is 2.62 bits per heavy atom. The van der Waals surface area contributed by atoms with Gasteiger partial charge in [0.25, 0.3) is 0 Å². The van der Waals surface area contributed by atoms with Crippen molar-refractivity contribution in [2.24, 2.45) is 0 Å². The van der Waals surface area contributed by atoms with E-state index < -0.39 is 0 Å². The first-order valence-electron chi connectivity index (χ1n) is 4.74. The predicted molar refractivity (Wildman–Crippen MR) is 57.1 cm³/mol. The van der Waals surface area contributed by atoms with Crippen molar-refractivity contribution in [3.8, 4) is 0 Å². The molecule has 2 saturated heterocycles. The first-order chi connectivity index (χ1) is 6.27. The zero-order chi connectivity index (χ0) is 9.31. The fourth-order valence-electron chi connectivity index (χ4n) is 2.11. The number of halogens is 1. The van der Waals surface area contributed by atoms with Crippen LogP contribution < -0.4 is 0 Å². The molecule has 0 aromatic carbocycles. The number of hydrogen-bond acceptors (Lipinski definition) is 3. The van der Waals surface area contributed by atoms with Crippen LogP contribution in [0.4, 0.5) is 0 Å². The maximum absolute atomic E-state index is 5.89. The number of ether oxygens (including phenoxy) is 3. The first-order valence-corrected chi connectivity index (χ1v) is 6.26. The highest BCUT2D eigenvalue weighted by Crippen LogP contribution is 2.37. The Balaban J connectivity index is 2.08. The van der Waals surface area contributed by atoms with Crippen molar-refractivity contribution in [2.45, 2.75) is 37.8 Å². The first kappa shape index (κ1) is 10.1. The summed E-state index contributed by atoms with van der Waals surface area (Å²) in [6, 6.07) is 0. The average Bonchev–Trinajstić information content (AvgIpc) is 2.47. The van der Waals surface area contributed by atoms with Crippen molar-refractivity contribution in [1.29, 1.82) is 0 Å². The Kier molecular flexibility index (Phi) is 3.12. The van der Waals surface area contributed by atoms with Crippen molar-refractivity contribution < 1.29 is 14.2 Å². The number of rotatable bonds is 1. The van der Waals surface area contributed by atoms with Crippen LogP contribution >= 0.6 is 22.6 Å². The molecule has 13 heavy (non-hydrogen) atoms. The number of hydrogen-bond donors (Lipinski definition) is 0. The van der Waals surface area contributed by atoms with Crippen molar-refractivity contribution in [3.05, 3.63) is 0 Å². The Morgan fingerprint density at radius 2 is 2.00 bits per heavy atom. The second-order valence-corrected chi connectivity index (χ2v) is 4.52. The fourth-order valence-corrected chi connectivity index (χ4v) is 3.17. The summed E-state index contributed by atoms with van der Waals surface area (Å²) in [5.41, 5.74) is -0.0428. The molecule has 2 aliphatic heterocycles. The predicted octanol–water partition coefficient (Wildman–Crippen LogP) is 1.73. The van der Waals surface area contributed by atoms with Crippen molar-refractivity contribution in [1.82, 2.24) is 0 Å². The minimum atomic E-state index is -0.0686. The van der Waals surface area contributed by atoms with E-state index in [0.717, 1.165) is 30.5 Å². The number of alkyl halides is 1. The van der Waals surface area contributed by atoms with Gasteiger partial charge in [0.15, 0.2) is 6.29 Å². The van der Waals surface area contributed by atoms with E-state index in [1.54, 1.807) is 0 Å². The monoisotopic (exact) mass is 298 g/mol. The smallest absolute Gasteiger partial charge is 0.155 e. The molecule has 0 radical (unpaired) electrons. The molecule has 2 fully saturated rings. The van der Waals surface area contributed by atoms with E-state index in [1.165, 1.54) is 0 Å². The van der Waals surface area contributed by atoms with E-state index in [0.29, 0.717) is 0 Å². The van der Waals surface area contributed by atoms with Gasteiger partial charge in [-0.05, 0) is 6.92 Å². The molecular weight excluding hydrogens is 283 g/mol. The quantitative estimate of drug-likeness (QED) is 0.545. The summed E-state index contributed by atoms with van der Waals surface area (Å²) >= 11 is 2.36. The molecule has 0 aromatic rings. The van der Waals surface area contributed by atoms with Crippen LogP contribution in [-0.2, 0) is 14.2 Å². The fraction of sp³-hybridized carbons (Fsp3) is 1.00.